The monoisotopic (exact) mass is 224 g/mol. The van der Waals surface area contributed by atoms with Gasteiger partial charge in [0.15, 0.2) is 0 Å². The lowest BCUT2D eigenvalue weighted by Crippen LogP contribution is -2.43. The molecule has 0 amide bonds. The standard InChI is InChI=1S/C14H28N2/c1-14(2,3)15-10-12-6-8-16(9-7-12)11-13-4-5-13/h12-13,15H,4-11H2,1-3H3. The van der Waals surface area contributed by atoms with Crippen molar-refractivity contribution in [2.24, 2.45) is 11.8 Å². The summed E-state index contributed by atoms with van der Waals surface area (Å²) in [6.07, 6.45) is 5.78. The largest absolute Gasteiger partial charge is 0.312 e. The molecular weight excluding hydrogens is 196 g/mol. The van der Waals surface area contributed by atoms with Crippen molar-refractivity contribution < 1.29 is 0 Å². The Balaban J connectivity index is 1.60. The van der Waals surface area contributed by atoms with Crippen LogP contribution in [0, 0.1) is 11.8 Å². The number of nitrogens with one attached hydrogen (secondary N) is 1. The van der Waals surface area contributed by atoms with Gasteiger partial charge >= 0.3 is 0 Å². The third-order valence-electron chi connectivity index (χ3n) is 3.84. The van der Waals surface area contributed by atoms with Crippen LogP contribution >= 0.6 is 0 Å². The van der Waals surface area contributed by atoms with E-state index in [-0.39, 0.29) is 5.54 Å². The molecule has 0 aromatic carbocycles. The number of piperidine rings is 1. The maximum Gasteiger partial charge on any atom is 0.00966 e. The first kappa shape index (κ1) is 12.4. The highest BCUT2D eigenvalue weighted by molar-refractivity contribution is 4.82. The van der Waals surface area contributed by atoms with Crippen LogP contribution in [-0.2, 0) is 0 Å². The Hall–Kier alpha value is -0.0800. The highest BCUT2D eigenvalue weighted by Gasteiger charge is 2.27. The first-order valence-electron chi connectivity index (χ1n) is 7.00. The second-order valence-corrected chi connectivity index (χ2v) is 6.82. The van der Waals surface area contributed by atoms with Crippen molar-refractivity contribution >= 4 is 0 Å². The highest BCUT2D eigenvalue weighted by atomic mass is 15.1. The number of rotatable bonds is 4. The molecule has 94 valence electrons. The van der Waals surface area contributed by atoms with Crippen molar-refractivity contribution in [1.82, 2.24) is 10.2 Å². The van der Waals surface area contributed by atoms with Crippen LogP contribution in [0.25, 0.3) is 0 Å². The van der Waals surface area contributed by atoms with Gasteiger partial charge in [-0.15, -0.1) is 0 Å². The van der Waals surface area contributed by atoms with Crippen LogP contribution < -0.4 is 5.32 Å². The molecule has 16 heavy (non-hydrogen) atoms. The lowest BCUT2D eigenvalue weighted by molar-refractivity contribution is 0.171. The van der Waals surface area contributed by atoms with Crippen LogP contribution in [-0.4, -0.2) is 36.6 Å². The van der Waals surface area contributed by atoms with E-state index in [2.05, 4.69) is 31.0 Å². The predicted octanol–water partition coefficient (Wildman–Crippen LogP) is 2.50. The molecule has 2 aliphatic rings. The Morgan fingerprint density at radius 3 is 2.12 bits per heavy atom. The number of nitrogens with zero attached hydrogens (tertiary/aromatic N) is 1. The van der Waals surface area contributed by atoms with Crippen molar-refractivity contribution in [2.75, 3.05) is 26.2 Å². The van der Waals surface area contributed by atoms with Crippen LogP contribution in [0.3, 0.4) is 0 Å². The van der Waals surface area contributed by atoms with Gasteiger partial charge in [-0.05, 0) is 77.9 Å². The van der Waals surface area contributed by atoms with Crippen LogP contribution in [0.15, 0.2) is 0 Å². The van der Waals surface area contributed by atoms with E-state index in [1.807, 2.05) is 0 Å². The van der Waals surface area contributed by atoms with Crippen molar-refractivity contribution in [3.63, 3.8) is 0 Å². The molecule has 0 unspecified atom stereocenters. The lowest BCUT2D eigenvalue weighted by atomic mass is 9.95. The Bertz CT molecular complexity index is 207. The first-order chi connectivity index (χ1) is 7.53. The summed E-state index contributed by atoms with van der Waals surface area (Å²) in [5.74, 6) is 1.97. The molecule has 1 saturated heterocycles. The minimum atomic E-state index is 0.283. The quantitative estimate of drug-likeness (QED) is 0.789. The fraction of sp³-hybridized carbons (Fsp3) is 1.00. The SMILES string of the molecule is CC(C)(C)NCC1CCN(CC2CC2)CC1. The van der Waals surface area contributed by atoms with E-state index < -0.39 is 0 Å². The second kappa shape index (κ2) is 5.05. The molecule has 0 aromatic rings. The van der Waals surface area contributed by atoms with Crippen LogP contribution in [0.1, 0.15) is 46.5 Å². The predicted molar refractivity (Wildman–Crippen MR) is 69.6 cm³/mol. The topological polar surface area (TPSA) is 15.3 Å². The molecule has 2 nitrogen and oxygen atoms in total. The fourth-order valence-corrected chi connectivity index (χ4v) is 2.49. The smallest absolute Gasteiger partial charge is 0.00966 e. The molecule has 2 heteroatoms. The number of likely N-dealkylation sites (tertiary alicyclic amines) is 1. The number of hydrogen-bond donors (Lipinski definition) is 1. The molecule has 0 bridgehead atoms. The summed E-state index contributed by atoms with van der Waals surface area (Å²) in [7, 11) is 0. The zero-order chi connectivity index (χ0) is 11.6. The van der Waals surface area contributed by atoms with E-state index >= 15 is 0 Å². The summed E-state index contributed by atoms with van der Waals surface area (Å²) in [5.41, 5.74) is 0.283. The van der Waals surface area contributed by atoms with Gasteiger partial charge in [0.2, 0.25) is 0 Å². The average Bonchev–Trinajstić information content (AvgIpc) is 3.00. The minimum absolute atomic E-state index is 0.283. The van der Waals surface area contributed by atoms with Gasteiger partial charge in [-0.1, -0.05) is 0 Å². The normalized spacial score (nSPS) is 24.9. The third-order valence-corrected chi connectivity index (χ3v) is 3.84. The van der Waals surface area contributed by atoms with Gasteiger partial charge in [-0.2, -0.15) is 0 Å². The molecule has 1 heterocycles. The van der Waals surface area contributed by atoms with Gasteiger partial charge in [0, 0.05) is 12.1 Å². The van der Waals surface area contributed by atoms with Crippen molar-refractivity contribution in [3.8, 4) is 0 Å². The van der Waals surface area contributed by atoms with E-state index in [1.165, 1.54) is 51.9 Å². The first-order valence-corrected chi connectivity index (χ1v) is 7.00. The zero-order valence-electron chi connectivity index (χ0n) is 11.3. The number of hydrogen-bond acceptors (Lipinski definition) is 2. The maximum atomic E-state index is 3.64. The summed E-state index contributed by atoms with van der Waals surface area (Å²) in [6, 6.07) is 0. The molecule has 1 saturated carbocycles. The van der Waals surface area contributed by atoms with E-state index in [0.29, 0.717) is 0 Å². The van der Waals surface area contributed by atoms with Gasteiger partial charge in [-0.3, -0.25) is 0 Å². The van der Waals surface area contributed by atoms with Gasteiger partial charge in [0.05, 0.1) is 0 Å². The molecule has 1 aliphatic carbocycles. The van der Waals surface area contributed by atoms with Crippen molar-refractivity contribution in [3.05, 3.63) is 0 Å². The van der Waals surface area contributed by atoms with Crippen molar-refractivity contribution in [2.45, 2.75) is 52.0 Å². The molecule has 0 aromatic heterocycles. The van der Waals surface area contributed by atoms with Gasteiger partial charge in [0.25, 0.3) is 0 Å². The summed E-state index contributed by atoms with van der Waals surface area (Å²) in [5, 5.41) is 3.64. The van der Waals surface area contributed by atoms with E-state index in [1.54, 1.807) is 0 Å². The third kappa shape index (κ3) is 4.42. The van der Waals surface area contributed by atoms with Crippen molar-refractivity contribution in [1.29, 1.82) is 0 Å². The van der Waals surface area contributed by atoms with E-state index in [9.17, 15) is 0 Å². The Labute approximate surface area is 101 Å². The lowest BCUT2D eigenvalue weighted by Gasteiger charge is -2.33. The molecule has 1 aliphatic heterocycles. The van der Waals surface area contributed by atoms with E-state index in [4.69, 9.17) is 0 Å². The molecule has 0 radical (unpaired) electrons. The average molecular weight is 224 g/mol. The maximum absolute atomic E-state index is 3.64. The Morgan fingerprint density at radius 2 is 1.62 bits per heavy atom. The van der Waals surface area contributed by atoms with Crippen LogP contribution in [0.5, 0.6) is 0 Å². The van der Waals surface area contributed by atoms with E-state index in [0.717, 1.165) is 11.8 Å². The molecule has 0 spiro atoms. The minimum Gasteiger partial charge on any atom is -0.312 e. The Morgan fingerprint density at radius 1 is 1.00 bits per heavy atom. The fourth-order valence-electron chi connectivity index (χ4n) is 2.49. The molecular formula is C14H28N2. The summed E-state index contributed by atoms with van der Waals surface area (Å²) in [6.45, 7) is 12.1. The highest BCUT2D eigenvalue weighted by Crippen LogP contribution is 2.31. The van der Waals surface area contributed by atoms with Gasteiger partial charge in [-0.25, -0.2) is 0 Å². The Kier molecular flexibility index (Phi) is 3.91. The summed E-state index contributed by atoms with van der Waals surface area (Å²) in [4.78, 5) is 2.69. The van der Waals surface area contributed by atoms with Gasteiger partial charge in [0.1, 0.15) is 0 Å². The molecule has 2 fully saturated rings. The zero-order valence-corrected chi connectivity index (χ0v) is 11.3. The molecule has 2 rings (SSSR count). The summed E-state index contributed by atoms with van der Waals surface area (Å²) >= 11 is 0. The summed E-state index contributed by atoms with van der Waals surface area (Å²) < 4.78 is 0. The van der Waals surface area contributed by atoms with Crippen LogP contribution in [0.2, 0.25) is 0 Å². The second-order valence-electron chi connectivity index (χ2n) is 6.82. The van der Waals surface area contributed by atoms with Crippen LogP contribution in [0.4, 0.5) is 0 Å². The molecule has 1 N–H and O–H groups in total. The molecule has 0 atom stereocenters. The van der Waals surface area contributed by atoms with Gasteiger partial charge < -0.3 is 10.2 Å².